The van der Waals surface area contributed by atoms with Gasteiger partial charge < -0.3 is 19.9 Å². The Morgan fingerprint density at radius 2 is 2.06 bits per heavy atom. The number of hydrogen-bond donors (Lipinski definition) is 2. The molecule has 2 N–H and O–H groups in total. The summed E-state index contributed by atoms with van der Waals surface area (Å²) in [7, 11) is 1.52. The number of halogens is 2. The summed E-state index contributed by atoms with van der Waals surface area (Å²) in [5.41, 5.74) is 1.15. The van der Waals surface area contributed by atoms with E-state index in [1.807, 2.05) is 13.8 Å². The number of fused-ring (bicyclic) bond motifs is 1. The number of carboxylic acids is 1. The molecule has 1 saturated heterocycles. The Bertz CT molecular complexity index is 1230. The number of aliphatic carboxylic acids is 1. The second-order valence-corrected chi connectivity index (χ2v) is 8.82. The topological polar surface area (TPSA) is 106 Å². The number of carbonyl (C=O) groups is 1. The Kier molecular flexibility index (Phi) is 7.54. The second-order valence-electron chi connectivity index (χ2n) is 8.41. The summed E-state index contributed by atoms with van der Waals surface area (Å²) in [6, 6.07) is 6.92. The number of ether oxygens (including phenoxy) is 2. The zero-order valence-electron chi connectivity index (χ0n) is 19.5. The first-order valence-corrected chi connectivity index (χ1v) is 11.5. The van der Waals surface area contributed by atoms with Crippen molar-refractivity contribution in [2.45, 2.75) is 44.9 Å². The molecule has 186 valence electrons. The fraction of sp³-hybridized carbons (Fsp3) is 0.375. The molecule has 0 amide bonds. The maximum absolute atomic E-state index is 13.5. The molecule has 2 unspecified atom stereocenters. The number of aromatic nitrogens is 2. The van der Waals surface area contributed by atoms with Crippen molar-refractivity contribution in [1.82, 2.24) is 15.0 Å². The van der Waals surface area contributed by atoms with Gasteiger partial charge in [0.15, 0.2) is 11.5 Å². The van der Waals surface area contributed by atoms with Crippen LogP contribution in [0.2, 0.25) is 5.02 Å². The zero-order chi connectivity index (χ0) is 25.1. The third kappa shape index (κ3) is 5.72. The van der Waals surface area contributed by atoms with Gasteiger partial charge in [0.1, 0.15) is 30.1 Å². The Morgan fingerprint density at radius 1 is 1.26 bits per heavy atom. The highest BCUT2D eigenvalue weighted by atomic mass is 35.5. The summed E-state index contributed by atoms with van der Waals surface area (Å²) in [4.78, 5) is 26.1. The van der Waals surface area contributed by atoms with Crippen molar-refractivity contribution in [2.75, 3.05) is 19.0 Å². The van der Waals surface area contributed by atoms with E-state index in [0.29, 0.717) is 46.9 Å². The van der Waals surface area contributed by atoms with Gasteiger partial charge in [0, 0.05) is 30.1 Å². The molecule has 0 spiro atoms. The van der Waals surface area contributed by atoms with Crippen LogP contribution in [0.5, 0.6) is 11.5 Å². The summed E-state index contributed by atoms with van der Waals surface area (Å²) >= 11 is 5.91. The van der Waals surface area contributed by atoms with Crippen LogP contribution in [0.1, 0.15) is 26.7 Å². The van der Waals surface area contributed by atoms with Crippen LogP contribution in [0, 0.1) is 5.82 Å². The van der Waals surface area contributed by atoms with E-state index in [2.05, 4.69) is 15.3 Å². The van der Waals surface area contributed by atoms with E-state index in [9.17, 15) is 14.3 Å². The van der Waals surface area contributed by atoms with E-state index >= 15 is 0 Å². The van der Waals surface area contributed by atoms with Gasteiger partial charge in [-0.3, -0.25) is 9.63 Å². The van der Waals surface area contributed by atoms with Gasteiger partial charge in [-0.25, -0.2) is 14.4 Å². The van der Waals surface area contributed by atoms with Gasteiger partial charge in [0.05, 0.1) is 23.8 Å². The summed E-state index contributed by atoms with van der Waals surface area (Å²) in [5.74, 6) is -0.132. The molecule has 2 heterocycles. The van der Waals surface area contributed by atoms with Gasteiger partial charge in [-0.2, -0.15) is 5.06 Å². The van der Waals surface area contributed by atoms with Crippen molar-refractivity contribution in [2.24, 2.45) is 0 Å². The van der Waals surface area contributed by atoms with Gasteiger partial charge >= 0.3 is 5.97 Å². The minimum atomic E-state index is -0.970. The Balaban J connectivity index is 1.61. The normalized spacial score (nSPS) is 18.6. The lowest BCUT2D eigenvalue weighted by atomic mass is 10.0. The fourth-order valence-electron chi connectivity index (χ4n) is 3.94. The molecule has 2 atom stereocenters. The average Bonchev–Trinajstić information content (AvgIpc) is 2.82. The maximum atomic E-state index is 13.5. The molecule has 0 bridgehead atoms. The van der Waals surface area contributed by atoms with E-state index in [-0.39, 0.29) is 23.7 Å². The number of methoxy groups -OCH3 is 1. The molecular formula is C24H26ClFN4O5. The van der Waals surface area contributed by atoms with Crippen LogP contribution in [0.3, 0.4) is 0 Å². The first-order valence-electron chi connectivity index (χ1n) is 11.1. The lowest BCUT2D eigenvalue weighted by Crippen LogP contribution is -2.50. The van der Waals surface area contributed by atoms with E-state index in [1.54, 1.807) is 18.2 Å². The van der Waals surface area contributed by atoms with Crippen molar-refractivity contribution in [3.8, 4) is 11.5 Å². The number of nitrogens with zero attached hydrogens (tertiary/aromatic N) is 3. The van der Waals surface area contributed by atoms with Gasteiger partial charge in [-0.15, -0.1) is 0 Å². The number of carboxylic acid groups (broad SMARTS) is 1. The van der Waals surface area contributed by atoms with Crippen molar-refractivity contribution in [3.63, 3.8) is 0 Å². The van der Waals surface area contributed by atoms with Crippen LogP contribution < -0.4 is 14.8 Å². The van der Waals surface area contributed by atoms with E-state index in [4.69, 9.17) is 25.9 Å². The van der Waals surface area contributed by atoms with Crippen LogP contribution in [-0.2, 0) is 9.63 Å². The van der Waals surface area contributed by atoms with Crippen molar-refractivity contribution in [3.05, 3.63) is 47.5 Å². The average molecular weight is 505 g/mol. The number of benzene rings is 2. The molecule has 3 aromatic rings. The third-order valence-corrected chi connectivity index (χ3v) is 5.82. The van der Waals surface area contributed by atoms with Crippen LogP contribution in [-0.4, -0.2) is 58.0 Å². The first kappa shape index (κ1) is 24.9. The first-order chi connectivity index (χ1) is 16.7. The Labute approximate surface area is 206 Å². The Morgan fingerprint density at radius 3 is 2.74 bits per heavy atom. The monoisotopic (exact) mass is 504 g/mol. The predicted octanol–water partition coefficient (Wildman–Crippen LogP) is 4.81. The van der Waals surface area contributed by atoms with Crippen LogP contribution >= 0.6 is 11.6 Å². The van der Waals surface area contributed by atoms with Gasteiger partial charge in [-0.05, 0) is 44.5 Å². The SMILES string of the molecule is COc1cc2ncnc(Nc3ccc(F)c(Cl)c3)c2cc1OC1CCN(OC(C)C)C(C(=O)O)C1. The summed E-state index contributed by atoms with van der Waals surface area (Å²) in [5, 5.41) is 15.0. The minimum absolute atomic E-state index is 0.0140. The summed E-state index contributed by atoms with van der Waals surface area (Å²) in [6.07, 6.45) is 1.72. The van der Waals surface area contributed by atoms with Crippen LogP contribution in [0.15, 0.2) is 36.7 Å². The number of piperidine rings is 1. The van der Waals surface area contributed by atoms with Crippen molar-refractivity contribution in [1.29, 1.82) is 0 Å². The molecule has 0 aliphatic carbocycles. The standard InChI is InChI=1S/C24H26ClFN4O5/c1-13(2)35-30-7-6-15(9-20(30)24(31)32)34-22-10-16-19(11-21(22)33-3)27-12-28-23(16)29-14-4-5-18(26)17(25)8-14/h4-5,8,10-13,15,20H,6-7,9H2,1-3H3,(H,31,32)(H,27,28,29). The largest absolute Gasteiger partial charge is 0.493 e. The lowest BCUT2D eigenvalue weighted by molar-refractivity contribution is -0.233. The summed E-state index contributed by atoms with van der Waals surface area (Å²) < 4.78 is 25.3. The summed E-state index contributed by atoms with van der Waals surface area (Å²) in [6.45, 7) is 4.13. The Hall–Kier alpha value is -3.21. The predicted molar refractivity (Wildman–Crippen MR) is 129 cm³/mol. The minimum Gasteiger partial charge on any atom is -0.493 e. The van der Waals surface area contributed by atoms with Crippen molar-refractivity contribution < 1.29 is 28.6 Å². The fourth-order valence-corrected chi connectivity index (χ4v) is 4.13. The molecule has 2 aromatic carbocycles. The highest BCUT2D eigenvalue weighted by Gasteiger charge is 2.36. The molecule has 9 nitrogen and oxygen atoms in total. The quantitative estimate of drug-likeness (QED) is 0.447. The molecule has 35 heavy (non-hydrogen) atoms. The highest BCUT2D eigenvalue weighted by Crippen LogP contribution is 2.37. The zero-order valence-corrected chi connectivity index (χ0v) is 20.3. The third-order valence-electron chi connectivity index (χ3n) is 5.53. The van der Waals surface area contributed by atoms with Crippen LogP contribution in [0.4, 0.5) is 15.9 Å². The molecule has 1 fully saturated rings. The van der Waals surface area contributed by atoms with Gasteiger partial charge in [-0.1, -0.05) is 11.6 Å². The number of anilines is 2. The number of rotatable bonds is 8. The molecule has 0 radical (unpaired) electrons. The van der Waals surface area contributed by atoms with Gasteiger partial charge in [0.2, 0.25) is 0 Å². The molecule has 1 aliphatic rings. The second kappa shape index (κ2) is 10.6. The number of nitrogens with one attached hydrogen (secondary N) is 1. The van der Waals surface area contributed by atoms with E-state index in [1.165, 1.54) is 30.6 Å². The number of hydrogen-bond acceptors (Lipinski definition) is 8. The molecule has 11 heteroatoms. The molecule has 4 rings (SSSR count). The number of hydroxylamine groups is 2. The van der Waals surface area contributed by atoms with E-state index < -0.39 is 17.8 Å². The smallest absolute Gasteiger partial charge is 0.323 e. The lowest BCUT2D eigenvalue weighted by Gasteiger charge is -2.37. The van der Waals surface area contributed by atoms with Crippen molar-refractivity contribution >= 4 is 40.0 Å². The molecule has 0 saturated carbocycles. The molecule has 1 aromatic heterocycles. The van der Waals surface area contributed by atoms with Crippen LogP contribution in [0.25, 0.3) is 10.9 Å². The highest BCUT2D eigenvalue weighted by molar-refractivity contribution is 6.31. The van der Waals surface area contributed by atoms with E-state index in [0.717, 1.165) is 0 Å². The molecular weight excluding hydrogens is 479 g/mol. The van der Waals surface area contributed by atoms with Gasteiger partial charge in [0.25, 0.3) is 0 Å². The maximum Gasteiger partial charge on any atom is 0.323 e. The molecule has 1 aliphatic heterocycles.